The van der Waals surface area contributed by atoms with E-state index in [1.165, 1.54) is 10.9 Å². The zero-order valence-electron chi connectivity index (χ0n) is 19.3. The van der Waals surface area contributed by atoms with Crippen LogP contribution < -0.4 is 15.4 Å². The molecule has 2 N–H and O–H groups in total. The van der Waals surface area contributed by atoms with Crippen molar-refractivity contribution in [2.24, 2.45) is 13.0 Å². The molecule has 34 heavy (non-hydrogen) atoms. The second-order valence-electron chi connectivity index (χ2n) is 8.75. The van der Waals surface area contributed by atoms with E-state index in [1.54, 1.807) is 50.4 Å². The Bertz CT molecular complexity index is 1190. The lowest BCUT2D eigenvalue weighted by Gasteiger charge is -2.30. The minimum Gasteiger partial charge on any atom is -0.617 e. The highest BCUT2D eigenvalue weighted by atomic mass is 19.1. The zero-order valence-corrected chi connectivity index (χ0v) is 19.3. The molecule has 1 atom stereocenters. The molecular weight excluding hydrogens is 437 g/mol. The smallest absolute Gasteiger partial charge is 0.379 e. The van der Waals surface area contributed by atoms with Crippen molar-refractivity contribution < 1.29 is 18.7 Å². The van der Waals surface area contributed by atoms with Crippen molar-refractivity contribution in [1.29, 1.82) is 0 Å². The van der Waals surface area contributed by atoms with E-state index in [0.29, 0.717) is 22.5 Å². The topological polar surface area (TPSA) is 103 Å². The number of amides is 2. The fourth-order valence-corrected chi connectivity index (χ4v) is 4.56. The van der Waals surface area contributed by atoms with Crippen molar-refractivity contribution in [3.05, 3.63) is 71.2 Å². The number of hydrogen-bond donors (Lipinski definition) is 2. The van der Waals surface area contributed by atoms with E-state index in [0.717, 1.165) is 38.3 Å². The van der Waals surface area contributed by atoms with Crippen LogP contribution in [0.2, 0.25) is 0 Å². The van der Waals surface area contributed by atoms with Gasteiger partial charge in [0.25, 0.3) is 5.91 Å². The van der Waals surface area contributed by atoms with Crippen LogP contribution in [0.5, 0.6) is 0 Å². The maximum absolute atomic E-state index is 14.4. The van der Waals surface area contributed by atoms with Crippen LogP contribution in [0.25, 0.3) is 11.1 Å². The van der Waals surface area contributed by atoms with Crippen LogP contribution in [0.15, 0.2) is 48.8 Å². The van der Waals surface area contributed by atoms with Crippen LogP contribution in [0.1, 0.15) is 48.2 Å². The molecule has 1 aromatic carbocycles. The number of anilines is 1. The number of nitrogens with one attached hydrogen (secondary N) is 2. The van der Waals surface area contributed by atoms with Crippen LogP contribution in [-0.2, 0) is 11.8 Å². The fraction of sp³-hybridized carbons (Fsp3) is 0.360. The number of pyridine rings is 1. The third-order valence-corrected chi connectivity index (χ3v) is 6.44. The highest BCUT2D eigenvalue weighted by Crippen LogP contribution is 2.29. The molecule has 2 amide bonds. The molecule has 178 valence electrons. The van der Waals surface area contributed by atoms with Crippen LogP contribution in [0, 0.1) is 24.0 Å². The van der Waals surface area contributed by atoms with E-state index >= 15 is 0 Å². The standard InChI is InChI=1S/C25H28FN5O3/c1-16-13-15-31(34)23(26)21(16)17-8-10-19(11-9-17)28-25(33)22(18-6-4-3-5-7-18)29-24(32)20-12-14-27-30(20)2/h8-15,18,22H,3-7H2,1-2H3,(H,28,33)(H,29,32)/t22-/m0/s1. The van der Waals surface area contributed by atoms with Crippen molar-refractivity contribution in [2.75, 3.05) is 5.32 Å². The van der Waals surface area contributed by atoms with Crippen molar-refractivity contribution in [3.63, 3.8) is 0 Å². The molecule has 4 rings (SSSR count). The Morgan fingerprint density at radius 2 is 1.85 bits per heavy atom. The first-order valence-electron chi connectivity index (χ1n) is 11.4. The Morgan fingerprint density at radius 3 is 2.50 bits per heavy atom. The molecule has 9 heteroatoms. The summed E-state index contributed by atoms with van der Waals surface area (Å²) >= 11 is 0. The Labute approximate surface area is 197 Å². The number of nitrogens with zero attached hydrogens (tertiary/aromatic N) is 3. The Balaban J connectivity index is 1.52. The zero-order chi connectivity index (χ0) is 24.2. The van der Waals surface area contributed by atoms with Gasteiger partial charge in [0.05, 0.1) is 5.56 Å². The van der Waals surface area contributed by atoms with E-state index in [1.807, 2.05) is 0 Å². The van der Waals surface area contributed by atoms with Crippen molar-refractivity contribution in [3.8, 4) is 11.1 Å². The van der Waals surface area contributed by atoms with Gasteiger partial charge in [0, 0.05) is 25.0 Å². The van der Waals surface area contributed by atoms with Crippen molar-refractivity contribution >= 4 is 17.5 Å². The Morgan fingerprint density at radius 1 is 1.15 bits per heavy atom. The monoisotopic (exact) mass is 465 g/mol. The Hall–Kier alpha value is -3.75. The lowest BCUT2D eigenvalue weighted by molar-refractivity contribution is -0.636. The largest absolute Gasteiger partial charge is 0.617 e. The van der Waals surface area contributed by atoms with E-state index in [4.69, 9.17) is 0 Å². The van der Waals surface area contributed by atoms with Crippen LogP contribution in [0.3, 0.4) is 0 Å². The molecule has 2 heterocycles. The number of carbonyl (C=O) groups excluding carboxylic acids is 2. The molecule has 0 bridgehead atoms. The first-order chi connectivity index (χ1) is 16.3. The average molecular weight is 466 g/mol. The van der Waals surface area contributed by atoms with Gasteiger partial charge < -0.3 is 15.8 Å². The number of aromatic nitrogens is 3. The van der Waals surface area contributed by atoms with Gasteiger partial charge in [-0.25, -0.2) is 0 Å². The number of hydrogen-bond acceptors (Lipinski definition) is 4. The third kappa shape index (κ3) is 4.93. The number of halogens is 1. The maximum Gasteiger partial charge on any atom is 0.379 e. The van der Waals surface area contributed by atoms with Gasteiger partial charge in [0.15, 0.2) is 6.20 Å². The SMILES string of the molecule is Cc1cc[n+]([O-])c(F)c1-c1ccc(NC(=O)[C@@H](NC(=O)c2ccnn2C)C2CCCCC2)cc1. The Kier molecular flexibility index (Phi) is 6.90. The summed E-state index contributed by atoms with van der Waals surface area (Å²) in [5.41, 5.74) is 2.30. The van der Waals surface area contributed by atoms with Crippen LogP contribution in [0.4, 0.5) is 10.1 Å². The molecule has 0 saturated heterocycles. The molecule has 1 aliphatic carbocycles. The van der Waals surface area contributed by atoms with E-state index in [-0.39, 0.29) is 28.0 Å². The highest BCUT2D eigenvalue weighted by molar-refractivity contribution is 6.00. The molecular formula is C25H28FN5O3. The quantitative estimate of drug-likeness (QED) is 0.330. The summed E-state index contributed by atoms with van der Waals surface area (Å²) in [5, 5.41) is 21.5. The van der Waals surface area contributed by atoms with Gasteiger partial charge in [-0.2, -0.15) is 5.10 Å². The summed E-state index contributed by atoms with van der Waals surface area (Å²) in [7, 11) is 1.68. The van der Waals surface area contributed by atoms with Gasteiger partial charge in [0.1, 0.15) is 11.7 Å². The van der Waals surface area contributed by atoms with Gasteiger partial charge in [-0.05, 0) is 55.0 Å². The summed E-state index contributed by atoms with van der Waals surface area (Å²) in [6, 6.07) is 9.12. The first kappa shape index (κ1) is 23.4. The second-order valence-corrected chi connectivity index (χ2v) is 8.75. The molecule has 1 saturated carbocycles. The number of rotatable bonds is 6. The molecule has 0 radical (unpaired) electrons. The second kappa shape index (κ2) is 10.0. The molecule has 0 unspecified atom stereocenters. The number of carbonyl (C=O) groups is 2. The summed E-state index contributed by atoms with van der Waals surface area (Å²) < 4.78 is 16.0. The molecule has 3 aromatic rings. The molecule has 1 aliphatic rings. The van der Waals surface area contributed by atoms with Crippen LogP contribution >= 0.6 is 0 Å². The van der Waals surface area contributed by atoms with Crippen LogP contribution in [-0.4, -0.2) is 27.6 Å². The lowest BCUT2D eigenvalue weighted by atomic mass is 9.83. The normalized spacial score (nSPS) is 15.0. The summed E-state index contributed by atoms with van der Waals surface area (Å²) in [6.07, 6.45) is 7.57. The molecule has 0 spiro atoms. The highest BCUT2D eigenvalue weighted by Gasteiger charge is 2.32. The van der Waals surface area contributed by atoms with Crippen molar-refractivity contribution in [1.82, 2.24) is 15.1 Å². The van der Waals surface area contributed by atoms with E-state index in [9.17, 15) is 19.2 Å². The molecule has 8 nitrogen and oxygen atoms in total. The van der Waals surface area contributed by atoms with Gasteiger partial charge in [0.2, 0.25) is 5.91 Å². The number of benzene rings is 1. The average Bonchev–Trinajstić information content (AvgIpc) is 3.27. The van der Waals surface area contributed by atoms with Gasteiger partial charge in [-0.1, -0.05) is 31.4 Å². The molecule has 0 aliphatic heterocycles. The predicted octanol–water partition coefficient (Wildman–Crippen LogP) is 3.49. The summed E-state index contributed by atoms with van der Waals surface area (Å²) in [5.74, 6) is -1.47. The number of aryl methyl sites for hydroxylation is 2. The lowest BCUT2D eigenvalue weighted by Crippen LogP contribution is -2.49. The maximum atomic E-state index is 14.4. The van der Waals surface area contributed by atoms with Gasteiger partial charge >= 0.3 is 5.95 Å². The summed E-state index contributed by atoms with van der Waals surface area (Å²) in [6.45, 7) is 1.73. The van der Waals surface area contributed by atoms with E-state index in [2.05, 4.69) is 15.7 Å². The van der Waals surface area contributed by atoms with E-state index < -0.39 is 12.0 Å². The summed E-state index contributed by atoms with van der Waals surface area (Å²) in [4.78, 5) is 26.1. The first-order valence-corrected chi connectivity index (χ1v) is 11.4. The van der Waals surface area contributed by atoms with Crippen molar-refractivity contribution in [2.45, 2.75) is 45.1 Å². The predicted molar refractivity (Wildman–Crippen MR) is 125 cm³/mol. The molecule has 1 fully saturated rings. The minimum atomic E-state index is -0.868. The van der Waals surface area contributed by atoms with Gasteiger partial charge in [-0.3, -0.25) is 14.3 Å². The van der Waals surface area contributed by atoms with Gasteiger partial charge in [-0.15, -0.1) is 9.12 Å². The third-order valence-electron chi connectivity index (χ3n) is 6.44. The fourth-order valence-electron chi connectivity index (χ4n) is 4.56. The minimum absolute atomic E-state index is 0.0405. The molecule has 2 aromatic heterocycles.